The van der Waals surface area contributed by atoms with E-state index >= 15 is 0 Å². The topological polar surface area (TPSA) is 35.5 Å². The lowest BCUT2D eigenvalue weighted by molar-refractivity contribution is 0.0812. The van der Waals surface area contributed by atoms with E-state index in [2.05, 4.69) is 38.1 Å². The Kier molecular flexibility index (Phi) is 6.11. The van der Waals surface area contributed by atoms with Crippen LogP contribution in [0.4, 0.5) is 4.79 Å². The molecular weight excluding hydrogens is 324 g/mol. The van der Waals surface area contributed by atoms with E-state index in [-0.39, 0.29) is 0 Å². The highest BCUT2D eigenvalue weighted by molar-refractivity contribution is 5.98. The van der Waals surface area contributed by atoms with Gasteiger partial charge in [0.1, 0.15) is 5.75 Å². The van der Waals surface area contributed by atoms with Crippen LogP contribution in [0.2, 0.25) is 0 Å². The molecule has 136 valence electrons. The van der Waals surface area contributed by atoms with Crippen molar-refractivity contribution >= 4 is 27.7 Å². The van der Waals surface area contributed by atoms with Gasteiger partial charge in [-0.2, -0.15) is 0 Å². The predicted octanol–water partition coefficient (Wildman–Crippen LogP) is 6.72. The lowest BCUT2D eigenvalue weighted by Gasteiger charge is -2.14. The largest absolute Gasteiger partial charge is 0.513 e. The maximum Gasteiger partial charge on any atom is 0.513 e. The van der Waals surface area contributed by atoms with Gasteiger partial charge in [-0.25, -0.2) is 4.79 Å². The molecule has 0 saturated carbocycles. The smallest absolute Gasteiger partial charge is 0.434 e. The van der Waals surface area contributed by atoms with E-state index in [1.807, 2.05) is 30.3 Å². The zero-order chi connectivity index (χ0) is 18.4. The first-order valence-corrected chi connectivity index (χ1v) is 9.46. The first-order chi connectivity index (χ1) is 12.7. The van der Waals surface area contributed by atoms with Crippen molar-refractivity contribution in [2.24, 2.45) is 5.92 Å². The van der Waals surface area contributed by atoms with E-state index in [0.29, 0.717) is 18.3 Å². The summed E-state index contributed by atoms with van der Waals surface area (Å²) >= 11 is 0. The Labute approximate surface area is 154 Å². The Morgan fingerprint density at radius 3 is 2.31 bits per heavy atom. The van der Waals surface area contributed by atoms with Gasteiger partial charge in [-0.15, -0.1) is 0 Å². The summed E-state index contributed by atoms with van der Waals surface area (Å²) in [5.41, 5.74) is 0. The molecule has 1 unspecified atom stereocenters. The third kappa shape index (κ3) is 4.54. The van der Waals surface area contributed by atoms with E-state index in [4.69, 9.17) is 9.47 Å². The molecule has 0 aliphatic carbocycles. The molecule has 0 bridgehead atoms. The molecule has 0 heterocycles. The molecule has 0 aliphatic rings. The lowest BCUT2D eigenvalue weighted by atomic mass is 10.0. The fourth-order valence-corrected chi connectivity index (χ4v) is 3.19. The molecular formula is C23H26O3. The molecule has 0 N–H and O–H groups in total. The van der Waals surface area contributed by atoms with Gasteiger partial charge >= 0.3 is 6.16 Å². The van der Waals surface area contributed by atoms with Gasteiger partial charge in [-0.05, 0) is 58.1 Å². The molecule has 3 heteroatoms. The van der Waals surface area contributed by atoms with E-state index in [1.165, 1.54) is 10.8 Å². The summed E-state index contributed by atoms with van der Waals surface area (Å²) in [7, 11) is 0. The predicted molar refractivity (Wildman–Crippen MR) is 107 cm³/mol. The van der Waals surface area contributed by atoms with Crippen LogP contribution in [-0.2, 0) is 4.74 Å². The third-order valence-electron chi connectivity index (χ3n) is 4.86. The van der Waals surface area contributed by atoms with Crippen LogP contribution in [0.1, 0.15) is 39.5 Å². The van der Waals surface area contributed by atoms with Crippen molar-refractivity contribution in [1.29, 1.82) is 0 Å². The molecule has 3 aromatic carbocycles. The average molecular weight is 350 g/mol. The molecule has 0 spiro atoms. The third-order valence-corrected chi connectivity index (χ3v) is 4.86. The molecule has 3 rings (SSSR count). The Bertz CT molecular complexity index is 885. The van der Waals surface area contributed by atoms with Gasteiger partial charge in [0, 0.05) is 0 Å². The summed E-state index contributed by atoms with van der Waals surface area (Å²) in [4.78, 5) is 12.0. The molecule has 3 nitrogen and oxygen atoms in total. The van der Waals surface area contributed by atoms with Crippen LogP contribution >= 0.6 is 0 Å². The van der Waals surface area contributed by atoms with Crippen molar-refractivity contribution in [2.45, 2.75) is 39.5 Å². The number of hydrogen-bond donors (Lipinski definition) is 0. The maximum absolute atomic E-state index is 12.0. The van der Waals surface area contributed by atoms with E-state index < -0.39 is 6.16 Å². The number of rotatable bonds is 7. The van der Waals surface area contributed by atoms with E-state index in [0.717, 1.165) is 36.5 Å². The normalized spacial score (nSPS) is 12.2. The summed E-state index contributed by atoms with van der Waals surface area (Å²) in [5.74, 6) is 0.921. The minimum absolute atomic E-state index is 0.408. The molecule has 0 fully saturated rings. The standard InChI is InChI=1S/C23H26O3/c1-3-5-8-17(4-2)16-25-23(24)26-22-12-11-20-13-18-9-6-7-10-19(18)14-21(20)15-22/h6-7,9-15,17H,3-5,8,16H2,1-2H3. The Hall–Kier alpha value is -2.55. The number of fused-ring (bicyclic) bond motifs is 2. The zero-order valence-corrected chi connectivity index (χ0v) is 15.5. The van der Waals surface area contributed by atoms with Crippen LogP contribution in [0, 0.1) is 5.92 Å². The molecule has 0 saturated heterocycles. The second-order valence-electron chi connectivity index (χ2n) is 6.79. The van der Waals surface area contributed by atoms with Crippen LogP contribution in [0.5, 0.6) is 5.75 Å². The van der Waals surface area contributed by atoms with Crippen molar-refractivity contribution in [3.8, 4) is 5.75 Å². The van der Waals surface area contributed by atoms with Crippen molar-refractivity contribution < 1.29 is 14.3 Å². The quantitative estimate of drug-likeness (QED) is 0.269. The number of hydrogen-bond acceptors (Lipinski definition) is 3. The summed E-state index contributed by atoms with van der Waals surface area (Å²) in [6, 6.07) is 18.2. The molecule has 0 radical (unpaired) electrons. The fraction of sp³-hybridized carbons (Fsp3) is 0.348. The highest BCUT2D eigenvalue weighted by Crippen LogP contribution is 2.26. The van der Waals surface area contributed by atoms with Gasteiger partial charge in [0.2, 0.25) is 0 Å². The number of ether oxygens (including phenoxy) is 2. The second kappa shape index (κ2) is 8.70. The Morgan fingerprint density at radius 1 is 0.923 bits per heavy atom. The molecule has 0 aliphatic heterocycles. The van der Waals surface area contributed by atoms with Gasteiger partial charge in [0.05, 0.1) is 6.61 Å². The summed E-state index contributed by atoms with van der Waals surface area (Å²) in [6.07, 6.45) is 3.79. The minimum atomic E-state index is -0.625. The molecule has 0 amide bonds. The second-order valence-corrected chi connectivity index (χ2v) is 6.79. The first kappa shape index (κ1) is 18.2. The fourth-order valence-electron chi connectivity index (χ4n) is 3.19. The molecule has 3 aromatic rings. The number of benzene rings is 3. The van der Waals surface area contributed by atoms with Crippen molar-refractivity contribution in [2.75, 3.05) is 6.61 Å². The van der Waals surface area contributed by atoms with Gasteiger partial charge in [-0.1, -0.05) is 63.4 Å². The number of unbranched alkanes of at least 4 members (excludes halogenated alkanes) is 1. The van der Waals surface area contributed by atoms with Gasteiger partial charge in [0.25, 0.3) is 0 Å². The van der Waals surface area contributed by atoms with Gasteiger partial charge < -0.3 is 9.47 Å². The zero-order valence-electron chi connectivity index (χ0n) is 15.5. The van der Waals surface area contributed by atoms with Gasteiger partial charge in [0.15, 0.2) is 0 Å². The molecule has 0 aromatic heterocycles. The lowest BCUT2D eigenvalue weighted by Crippen LogP contribution is -2.16. The van der Waals surface area contributed by atoms with Crippen LogP contribution in [0.15, 0.2) is 54.6 Å². The SMILES string of the molecule is CCCCC(CC)COC(=O)Oc1ccc2cc3ccccc3cc2c1. The summed E-state index contributed by atoms with van der Waals surface area (Å²) < 4.78 is 10.7. The van der Waals surface area contributed by atoms with Crippen LogP contribution in [0.25, 0.3) is 21.5 Å². The molecule has 26 heavy (non-hydrogen) atoms. The van der Waals surface area contributed by atoms with E-state index in [9.17, 15) is 4.79 Å². The monoisotopic (exact) mass is 350 g/mol. The first-order valence-electron chi connectivity index (χ1n) is 9.46. The Morgan fingerprint density at radius 2 is 1.62 bits per heavy atom. The van der Waals surface area contributed by atoms with Crippen LogP contribution < -0.4 is 4.74 Å². The maximum atomic E-state index is 12.0. The van der Waals surface area contributed by atoms with Crippen molar-refractivity contribution in [3.63, 3.8) is 0 Å². The highest BCUT2D eigenvalue weighted by atomic mass is 16.7. The summed E-state index contributed by atoms with van der Waals surface area (Å²) in [6.45, 7) is 4.72. The molecule has 1 atom stereocenters. The Balaban J connectivity index is 1.66. The number of carbonyl (C=O) groups excluding carboxylic acids is 1. The van der Waals surface area contributed by atoms with Gasteiger partial charge in [-0.3, -0.25) is 0 Å². The van der Waals surface area contributed by atoms with Crippen molar-refractivity contribution in [1.82, 2.24) is 0 Å². The van der Waals surface area contributed by atoms with Crippen LogP contribution in [0.3, 0.4) is 0 Å². The highest BCUT2D eigenvalue weighted by Gasteiger charge is 2.12. The van der Waals surface area contributed by atoms with Crippen molar-refractivity contribution in [3.05, 3.63) is 54.6 Å². The minimum Gasteiger partial charge on any atom is -0.434 e. The van der Waals surface area contributed by atoms with Crippen LogP contribution in [-0.4, -0.2) is 12.8 Å². The average Bonchev–Trinajstić information content (AvgIpc) is 2.66. The number of carbonyl (C=O) groups is 1. The van der Waals surface area contributed by atoms with E-state index in [1.54, 1.807) is 0 Å². The summed E-state index contributed by atoms with van der Waals surface area (Å²) in [5, 5.41) is 4.53.